The number of benzene rings is 1. The Hall–Kier alpha value is -2.18. The molecular formula is C16H22F2N2O3. The number of carbonyl (C=O) groups is 2. The summed E-state index contributed by atoms with van der Waals surface area (Å²) in [6.07, 6.45) is 0.0804. The normalized spacial score (nSPS) is 11.9. The van der Waals surface area contributed by atoms with Crippen molar-refractivity contribution >= 4 is 12.0 Å². The van der Waals surface area contributed by atoms with E-state index < -0.39 is 23.6 Å². The van der Waals surface area contributed by atoms with Crippen molar-refractivity contribution in [2.45, 2.75) is 33.2 Å². The third-order valence-corrected chi connectivity index (χ3v) is 3.04. The van der Waals surface area contributed by atoms with Crippen LogP contribution in [-0.4, -0.2) is 31.2 Å². The van der Waals surface area contributed by atoms with Crippen LogP contribution in [0.25, 0.3) is 0 Å². The van der Waals surface area contributed by atoms with E-state index in [1.54, 1.807) is 6.92 Å². The third-order valence-electron chi connectivity index (χ3n) is 3.04. The Bertz CT molecular complexity index is 550. The number of halogens is 2. The van der Waals surface area contributed by atoms with Gasteiger partial charge in [-0.1, -0.05) is 13.8 Å². The minimum atomic E-state index is -1.08. The zero-order chi connectivity index (χ0) is 17.4. The minimum Gasteiger partial charge on any atom is -0.450 e. The standard InChI is InChI=1S/C16H22F2N2O3/c1-4-23-16(22)20-12(7-10(2)3)9-19-15(21)11-5-6-13(17)14(18)8-11/h5-6,8,10,12H,4,7,9H2,1-3H3,(H,19,21)(H,20,22)/t12-/m0/s1. The van der Waals surface area contributed by atoms with Crippen molar-refractivity contribution in [1.29, 1.82) is 0 Å². The van der Waals surface area contributed by atoms with Gasteiger partial charge in [-0.3, -0.25) is 4.79 Å². The van der Waals surface area contributed by atoms with Crippen molar-refractivity contribution in [3.8, 4) is 0 Å². The van der Waals surface area contributed by atoms with Gasteiger partial charge in [-0.05, 0) is 37.5 Å². The molecule has 5 nitrogen and oxygen atoms in total. The van der Waals surface area contributed by atoms with Gasteiger partial charge in [0, 0.05) is 18.2 Å². The predicted octanol–water partition coefficient (Wildman–Crippen LogP) is 2.86. The number of hydrogen-bond acceptors (Lipinski definition) is 3. The lowest BCUT2D eigenvalue weighted by Crippen LogP contribution is -2.44. The molecule has 128 valence electrons. The fourth-order valence-corrected chi connectivity index (χ4v) is 2.06. The van der Waals surface area contributed by atoms with E-state index in [-0.39, 0.29) is 24.8 Å². The summed E-state index contributed by atoms with van der Waals surface area (Å²) in [4.78, 5) is 23.5. The molecule has 0 radical (unpaired) electrons. The van der Waals surface area contributed by atoms with E-state index in [1.807, 2.05) is 13.8 Å². The van der Waals surface area contributed by atoms with Gasteiger partial charge in [0.05, 0.1) is 6.61 Å². The number of hydrogen-bond donors (Lipinski definition) is 2. The van der Waals surface area contributed by atoms with E-state index in [0.717, 1.165) is 12.1 Å². The molecule has 0 aliphatic heterocycles. The molecule has 1 atom stereocenters. The smallest absolute Gasteiger partial charge is 0.407 e. The third kappa shape index (κ3) is 6.63. The highest BCUT2D eigenvalue weighted by Crippen LogP contribution is 2.09. The lowest BCUT2D eigenvalue weighted by Gasteiger charge is -2.20. The number of ether oxygens (including phenoxy) is 1. The van der Waals surface area contributed by atoms with Crippen LogP contribution in [0, 0.1) is 17.6 Å². The first-order valence-corrected chi connectivity index (χ1v) is 7.50. The lowest BCUT2D eigenvalue weighted by molar-refractivity contribution is 0.0944. The molecule has 0 saturated carbocycles. The van der Waals surface area contributed by atoms with Gasteiger partial charge in [0.15, 0.2) is 11.6 Å². The highest BCUT2D eigenvalue weighted by atomic mass is 19.2. The summed E-state index contributed by atoms with van der Waals surface area (Å²) >= 11 is 0. The van der Waals surface area contributed by atoms with Crippen molar-refractivity contribution < 1.29 is 23.1 Å². The average molecular weight is 328 g/mol. The van der Waals surface area contributed by atoms with Crippen molar-refractivity contribution in [3.05, 3.63) is 35.4 Å². The van der Waals surface area contributed by atoms with Crippen LogP contribution in [-0.2, 0) is 4.74 Å². The number of carbonyl (C=O) groups excluding carboxylic acids is 2. The molecule has 0 spiro atoms. The van der Waals surface area contributed by atoms with Gasteiger partial charge >= 0.3 is 6.09 Å². The molecule has 2 N–H and O–H groups in total. The molecule has 2 amide bonds. The second kappa shape index (κ2) is 9.07. The van der Waals surface area contributed by atoms with Gasteiger partial charge in [0.25, 0.3) is 5.91 Å². The van der Waals surface area contributed by atoms with Crippen molar-refractivity contribution in [2.75, 3.05) is 13.2 Å². The molecule has 0 aromatic heterocycles. The summed E-state index contributed by atoms with van der Waals surface area (Å²) in [7, 11) is 0. The summed E-state index contributed by atoms with van der Waals surface area (Å²) in [6.45, 7) is 6.08. The molecule has 7 heteroatoms. The maximum Gasteiger partial charge on any atom is 0.407 e. The molecule has 23 heavy (non-hydrogen) atoms. The van der Waals surface area contributed by atoms with Gasteiger partial charge in [0.1, 0.15) is 0 Å². The second-order valence-corrected chi connectivity index (χ2v) is 5.53. The molecule has 0 bridgehead atoms. The first-order chi connectivity index (χ1) is 10.8. The largest absolute Gasteiger partial charge is 0.450 e. The maximum absolute atomic E-state index is 13.1. The monoisotopic (exact) mass is 328 g/mol. The molecule has 0 heterocycles. The number of alkyl carbamates (subject to hydrolysis) is 1. The summed E-state index contributed by atoms with van der Waals surface area (Å²) in [5, 5.41) is 5.27. The number of rotatable bonds is 7. The van der Waals surface area contributed by atoms with Crippen LogP contribution in [0.5, 0.6) is 0 Å². The van der Waals surface area contributed by atoms with Crippen LogP contribution in [0.3, 0.4) is 0 Å². The molecule has 1 aromatic carbocycles. The Labute approximate surface area is 134 Å². The molecule has 0 aliphatic carbocycles. The van der Waals surface area contributed by atoms with E-state index in [1.165, 1.54) is 6.07 Å². The van der Waals surface area contributed by atoms with Crippen LogP contribution in [0.15, 0.2) is 18.2 Å². The van der Waals surface area contributed by atoms with Crippen LogP contribution < -0.4 is 10.6 Å². The van der Waals surface area contributed by atoms with E-state index >= 15 is 0 Å². The van der Waals surface area contributed by atoms with Crippen molar-refractivity contribution in [2.24, 2.45) is 5.92 Å². The van der Waals surface area contributed by atoms with Crippen molar-refractivity contribution in [1.82, 2.24) is 10.6 Å². The second-order valence-electron chi connectivity index (χ2n) is 5.53. The van der Waals surface area contributed by atoms with Gasteiger partial charge in [-0.2, -0.15) is 0 Å². The SMILES string of the molecule is CCOC(=O)N[C@H](CNC(=O)c1ccc(F)c(F)c1)CC(C)C. The van der Waals surface area contributed by atoms with Gasteiger partial charge in [0.2, 0.25) is 0 Å². The summed E-state index contributed by atoms with van der Waals surface area (Å²) in [5.41, 5.74) is 0.0170. The summed E-state index contributed by atoms with van der Waals surface area (Å²) in [6, 6.07) is 2.61. The van der Waals surface area contributed by atoms with Crippen LogP contribution >= 0.6 is 0 Å². The number of amides is 2. The highest BCUT2D eigenvalue weighted by Gasteiger charge is 2.17. The topological polar surface area (TPSA) is 67.4 Å². The van der Waals surface area contributed by atoms with Gasteiger partial charge in [-0.15, -0.1) is 0 Å². The highest BCUT2D eigenvalue weighted by molar-refractivity contribution is 5.94. The van der Waals surface area contributed by atoms with E-state index in [0.29, 0.717) is 12.3 Å². The Morgan fingerprint density at radius 2 is 1.91 bits per heavy atom. The quantitative estimate of drug-likeness (QED) is 0.809. The lowest BCUT2D eigenvalue weighted by atomic mass is 10.0. The van der Waals surface area contributed by atoms with E-state index in [4.69, 9.17) is 4.74 Å². The van der Waals surface area contributed by atoms with Crippen LogP contribution in [0.4, 0.5) is 13.6 Å². The summed E-state index contributed by atoms with van der Waals surface area (Å²) < 4.78 is 30.8. The Morgan fingerprint density at radius 1 is 1.22 bits per heavy atom. The molecule has 0 aliphatic rings. The first kappa shape index (κ1) is 18.9. The molecule has 1 rings (SSSR count). The number of nitrogens with one attached hydrogen (secondary N) is 2. The average Bonchev–Trinajstić information content (AvgIpc) is 2.47. The minimum absolute atomic E-state index is 0.0170. The van der Waals surface area contributed by atoms with Crippen molar-refractivity contribution in [3.63, 3.8) is 0 Å². The summed E-state index contributed by atoms with van der Waals surface area (Å²) in [5.74, 6) is -2.34. The fraction of sp³-hybridized carbons (Fsp3) is 0.500. The molecule has 1 aromatic rings. The Morgan fingerprint density at radius 3 is 2.48 bits per heavy atom. The zero-order valence-electron chi connectivity index (χ0n) is 13.5. The molecular weight excluding hydrogens is 306 g/mol. The van der Waals surface area contributed by atoms with Gasteiger partial charge < -0.3 is 15.4 Å². The van der Waals surface area contributed by atoms with Crippen LogP contribution in [0.1, 0.15) is 37.6 Å². The maximum atomic E-state index is 13.1. The molecule has 0 saturated heterocycles. The van der Waals surface area contributed by atoms with E-state index in [9.17, 15) is 18.4 Å². The van der Waals surface area contributed by atoms with Gasteiger partial charge in [-0.25, -0.2) is 13.6 Å². The Kier molecular flexibility index (Phi) is 7.44. The first-order valence-electron chi connectivity index (χ1n) is 7.50. The Balaban J connectivity index is 2.63. The fourth-order valence-electron chi connectivity index (χ4n) is 2.06. The van der Waals surface area contributed by atoms with E-state index in [2.05, 4.69) is 10.6 Å². The molecule has 0 unspecified atom stereocenters. The molecule has 0 fully saturated rings. The van der Waals surface area contributed by atoms with Crippen LogP contribution in [0.2, 0.25) is 0 Å². The zero-order valence-corrected chi connectivity index (χ0v) is 13.5. The predicted molar refractivity (Wildman–Crippen MR) is 82.1 cm³/mol.